The Labute approximate surface area is 176 Å². The first-order valence-electron chi connectivity index (χ1n) is 9.38. The highest BCUT2D eigenvalue weighted by Crippen LogP contribution is 2.27. The summed E-state index contributed by atoms with van der Waals surface area (Å²) in [6.45, 7) is 0.193. The summed E-state index contributed by atoms with van der Waals surface area (Å²) >= 11 is 0. The van der Waals surface area contributed by atoms with Crippen molar-refractivity contribution in [2.24, 2.45) is 7.05 Å². The lowest BCUT2D eigenvalue weighted by atomic mass is 10.2. The fourth-order valence-electron chi connectivity index (χ4n) is 2.68. The van der Waals surface area contributed by atoms with Crippen molar-refractivity contribution in [3.8, 4) is 35.7 Å². The van der Waals surface area contributed by atoms with E-state index in [1.165, 1.54) is 0 Å². The van der Waals surface area contributed by atoms with Crippen molar-refractivity contribution in [3.05, 3.63) is 35.3 Å². The number of benzene rings is 1. The van der Waals surface area contributed by atoms with Crippen LogP contribution in [0.15, 0.2) is 18.2 Å². The van der Waals surface area contributed by atoms with E-state index < -0.39 is 0 Å². The number of alkyl halides is 1. The molecule has 8 heteroatoms. The lowest BCUT2D eigenvalue weighted by Gasteiger charge is -2.07. The molecule has 158 valence electrons. The van der Waals surface area contributed by atoms with Crippen LogP contribution in [0.4, 0.5) is 10.2 Å². The quantitative estimate of drug-likeness (QED) is 0.488. The van der Waals surface area contributed by atoms with E-state index in [1.807, 2.05) is 0 Å². The minimum Gasteiger partial charge on any atom is -0.493 e. The van der Waals surface area contributed by atoms with Gasteiger partial charge in [-0.15, -0.1) is 6.42 Å². The highest BCUT2D eigenvalue weighted by atomic mass is 19.1. The lowest BCUT2D eigenvalue weighted by molar-refractivity contribution is 0.0951. The van der Waals surface area contributed by atoms with Gasteiger partial charge >= 0.3 is 0 Å². The first-order valence-corrected chi connectivity index (χ1v) is 9.38. The molecular weight excluding hydrogens is 387 g/mol. The Hall–Kier alpha value is -3.65. The number of carbonyl (C=O) groups excluding carboxylic acids is 1. The molecule has 2 rings (SSSR count). The van der Waals surface area contributed by atoms with Crippen LogP contribution in [0.3, 0.4) is 0 Å². The Morgan fingerprint density at radius 3 is 2.67 bits per heavy atom. The van der Waals surface area contributed by atoms with Crippen molar-refractivity contribution in [1.29, 1.82) is 0 Å². The van der Waals surface area contributed by atoms with Crippen molar-refractivity contribution in [2.75, 3.05) is 39.3 Å². The molecule has 0 bridgehead atoms. The molecule has 0 saturated carbocycles. The molecule has 0 fully saturated rings. The number of amides is 1. The number of hydrogen-bond donors (Lipinski definition) is 2. The third-order valence-corrected chi connectivity index (χ3v) is 4.22. The van der Waals surface area contributed by atoms with Crippen molar-refractivity contribution in [3.63, 3.8) is 0 Å². The van der Waals surface area contributed by atoms with Gasteiger partial charge in [0, 0.05) is 19.2 Å². The van der Waals surface area contributed by atoms with Crippen molar-refractivity contribution < 1.29 is 18.7 Å². The second-order valence-corrected chi connectivity index (χ2v) is 6.22. The van der Waals surface area contributed by atoms with E-state index in [0.29, 0.717) is 53.8 Å². The molecule has 7 nitrogen and oxygen atoms in total. The van der Waals surface area contributed by atoms with E-state index in [2.05, 4.69) is 33.4 Å². The standard InChI is InChI=1S/C22H25FN4O3/c1-5-13-25-22(28)20-21(24-14-7-6-12-23)26-19(27(20)2)11-9-16-8-10-17(29-3)18(15-16)30-4/h1,8,10,15,24H,6-7,12-14H2,2-4H3,(H,25,28). The van der Waals surface area contributed by atoms with Gasteiger partial charge in [0.2, 0.25) is 0 Å². The number of anilines is 1. The summed E-state index contributed by atoms with van der Waals surface area (Å²) in [7, 11) is 4.81. The maximum atomic E-state index is 12.5. The molecule has 0 saturated heterocycles. The van der Waals surface area contributed by atoms with Crippen molar-refractivity contribution >= 4 is 11.7 Å². The number of unbranched alkanes of at least 4 members (excludes halogenated alkanes) is 1. The van der Waals surface area contributed by atoms with E-state index >= 15 is 0 Å². The molecule has 1 aromatic carbocycles. The fraction of sp³-hybridized carbons (Fsp3) is 0.364. The number of halogens is 1. The van der Waals surface area contributed by atoms with E-state index in [0.717, 1.165) is 0 Å². The number of carbonyl (C=O) groups is 1. The third kappa shape index (κ3) is 5.68. The number of rotatable bonds is 9. The van der Waals surface area contributed by atoms with Crippen LogP contribution in [0, 0.1) is 24.2 Å². The van der Waals surface area contributed by atoms with Crippen LogP contribution < -0.4 is 20.1 Å². The normalized spacial score (nSPS) is 9.83. The number of terminal acetylenes is 1. The van der Waals surface area contributed by atoms with E-state index in [-0.39, 0.29) is 19.1 Å². The first-order chi connectivity index (χ1) is 14.5. The number of imidazole rings is 1. The van der Waals surface area contributed by atoms with Gasteiger partial charge in [0.15, 0.2) is 28.8 Å². The molecular formula is C22H25FN4O3. The number of methoxy groups -OCH3 is 2. The summed E-state index contributed by atoms with van der Waals surface area (Å²) in [6, 6.07) is 5.32. The molecule has 0 unspecified atom stereocenters. The van der Waals surface area contributed by atoms with Crippen LogP contribution in [-0.4, -0.2) is 49.4 Å². The number of ether oxygens (including phenoxy) is 2. The summed E-state index contributed by atoms with van der Waals surface area (Å²) in [4.78, 5) is 17.0. The monoisotopic (exact) mass is 412 g/mol. The second kappa shape index (κ2) is 11.4. The molecule has 0 aliphatic carbocycles. The topological polar surface area (TPSA) is 77.4 Å². The molecule has 0 spiro atoms. The summed E-state index contributed by atoms with van der Waals surface area (Å²) < 4.78 is 24.4. The van der Waals surface area contributed by atoms with Gasteiger partial charge in [-0.05, 0) is 37.0 Å². The molecule has 1 heterocycles. The molecule has 0 aliphatic rings. The van der Waals surface area contributed by atoms with Gasteiger partial charge in [-0.2, -0.15) is 0 Å². The maximum absolute atomic E-state index is 12.5. The van der Waals surface area contributed by atoms with Crippen LogP contribution in [-0.2, 0) is 7.05 Å². The summed E-state index contributed by atoms with van der Waals surface area (Å²) in [5.41, 5.74) is 1.01. The molecule has 1 amide bonds. The van der Waals surface area contributed by atoms with Gasteiger partial charge in [0.05, 0.1) is 27.4 Å². The SMILES string of the molecule is C#CCNC(=O)c1c(NCCCCF)nc(C#Cc2ccc(OC)c(OC)c2)n1C. The molecule has 1 aromatic heterocycles. The van der Waals surface area contributed by atoms with Crippen LogP contribution in [0.25, 0.3) is 0 Å². The molecule has 0 radical (unpaired) electrons. The minimum absolute atomic E-state index is 0.0952. The fourth-order valence-corrected chi connectivity index (χ4v) is 2.68. The number of nitrogens with zero attached hydrogens (tertiary/aromatic N) is 2. The Balaban J connectivity index is 2.34. The smallest absolute Gasteiger partial charge is 0.272 e. The lowest BCUT2D eigenvalue weighted by Crippen LogP contribution is -2.26. The molecule has 0 aliphatic heterocycles. The third-order valence-electron chi connectivity index (χ3n) is 4.22. The Morgan fingerprint density at radius 2 is 2.00 bits per heavy atom. The second-order valence-electron chi connectivity index (χ2n) is 6.22. The van der Waals surface area contributed by atoms with Crippen LogP contribution in [0.1, 0.15) is 34.7 Å². The Kier molecular flexibility index (Phi) is 8.58. The van der Waals surface area contributed by atoms with Crippen LogP contribution in [0.5, 0.6) is 11.5 Å². The van der Waals surface area contributed by atoms with Crippen LogP contribution >= 0.6 is 0 Å². The molecule has 2 aromatic rings. The van der Waals surface area contributed by atoms with Crippen LogP contribution in [0.2, 0.25) is 0 Å². The average molecular weight is 412 g/mol. The zero-order valence-electron chi connectivity index (χ0n) is 17.3. The van der Waals surface area contributed by atoms with E-state index in [1.54, 1.807) is 44.0 Å². The average Bonchev–Trinajstić information content (AvgIpc) is 3.08. The highest BCUT2D eigenvalue weighted by molar-refractivity contribution is 5.97. The minimum atomic E-state index is -0.387. The maximum Gasteiger partial charge on any atom is 0.272 e. The zero-order valence-corrected chi connectivity index (χ0v) is 17.3. The van der Waals surface area contributed by atoms with Crippen molar-refractivity contribution in [1.82, 2.24) is 14.9 Å². The van der Waals surface area contributed by atoms with E-state index in [9.17, 15) is 9.18 Å². The van der Waals surface area contributed by atoms with E-state index in [4.69, 9.17) is 15.9 Å². The predicted molar refractivity (Wildman–Crippen MR) is 114 cm³/mol. The molecule has 2 N–H and O–H groups in total. The predicted octanol–water partition coefficient (Wildman–Crippen LogP) is 2.36. The van der Waals surface area contributed by atoms with Gasteiger partial charge in [0.25, 0.3) is 5.91 Å². The highest BCUT2D eigenvalue weighted by Gasteiger charge is 2.20. The Morgan fingerprint density at radius 1 is 1.23 bits per heavy atom. The summed E-state index contributed by atoms with van der Waals surface area (Å²) in [5.74, 6) is 9.93. The first kappa shape index (κ1) is 22.6. The number of nitrogens with one attached hydrogen (secondary N) is 2. The molecule has 0 atom stereocenters. The number of hydrogen-bond acceptors (Lipinski definition) is 5. The summed E-state index contributed by atoms with van der Waals surface area (Å²) in [6.07, 6.45) is 6.28. The zero-order chi connectivity index (χ0) is 21.9. The number of aromatic nitrogens is 2. The van der Waals surface area contributed by atoms with Gasteiger partial charge in [-0.25, -0.2) is 4.98 Å². The van der Waals surface area contributed by atoms with Gasteiger partial charge in [-0.3, -0.25) is 9.18 Å². The van der Waals surface area contributed by atoms with Crippen molar-refractivity contribution in [2.45, 2.75) is 12.8 Å². The molecule has 30 heavy (non-hydrogen) atoms. The van der Waals surface area contributed by atoms with Gasteiger partial charge in [-0.1, -0.05) is 11.8 Å². The largest absolute Gasteiger partial charge is 0.493 e. The summed E-state index contributed by atoms with van der Waals surface area (Å²) in [5, 5.41) is 5.71. The Bertz CT molecular complexity index is 983. The van der Waals surface area contributed by atoms with Gasteiger partial charge < -0.3 is 24.7 Å². The van der Waals surface area contributed by atoms with Gasteiger partial charge in [0.1, 0.15) is 0 Å².